The molecule has 1 unspecified atom stereocenters. The monoisotopic (exact) mass is 421 g/mol. The molecule has 0 saturated carbocycles. The Hall–Kier alpha value is -0.850. The molecule has 0 aliphatic rings. The minimum absolute atomic E-state index is 0.501. The molecule has 21 heavy (non-hydrogen) atoms. The minimum Gasteiger partial charge on any atom is -0.320 e. The van der Waals surface area contributed by atoms with Gasteiger partial charge in [-0.3, -0.25) is 0 Å². The second kappa shape index (κ2) is 6.10. The lowest BCUT2D eigenvalue weighted by Gasteiger charge is -2.18. The first-order valence-electron chi connectivity index (χ1n) is 6.08. The van der Waals surface area contributed by atoms with Crippen LogP contribution in [0.3, 0.4) is 0 Å². The first kappa shape index (κ1) is 16.5. The fourth-order valence-corrected chi connectivity index (χ4v) is 2.99. The molecule has 1 atom stereocenters. The zero-order valence-corrected chi connectivity index (χ0v) is 14.2. The zero-order chi connectivity index (χ0) is 15.8. The molecule has 0 saturated heterocycles. The third-order valence-corrected chi connectivity index (χ3v) is 4.44. The van der Waals surface area contributed by atoms with Gasteiger partial charge in [0.25, 0.3) is 0 Å². The average Bonchev–Trinajstić information content (AvgIpc) is 2.39. The van der Waals surface area contributed by atoms with Crippen molar-refractivity contribution in [2.75, 3.05) is 0 Å². The van der Waals surface area contributed by atoms with E-state index in [9.17, 15) is 13.2 Å². The van der Waals surface area contributed by atoms with E-state index in [0.717, 1.165) is 26.6 Å². The Balaban J connectivity index is 2.44. The molecule has 2 rings (SSSR count). The van der Waals surface area contributed by atoms with Crippen LogP contribution in [0, 0.1) is 6.92 Å². The molecule has 0 heterocycles. The summed E-state index contributed by atoms with van der Waals surface area (Å²) < 4.78 is 39.8. The van der Waals surface area contributed by atoms with Crippen molar-refractivity contribution in [1.29, 1.82) is 0 Å². The molecule has 112 valence electrons. The van der Waals surface area contributed by atoms with Crippen LogP contribution >= 0.6 is 31.9 Å². The van der Waals surface area contributed by atoms with Gasteiger partial charge in [0, 0.05) is 8.95 Å². The molecule has 0 amide bonds. The van der Waals surface area contributed by atoms with Gasteiger partial charge in [-0.15, -0.1) is 0 Å². The van der Waals surface area contributed by atoms with Crippen molar-refractivity contribution in [1.82, 2.24) is 0 Å². The second-order valence-electron chi connectivity index (χ2n) is 4.71. The van der Waals surface area contributed by atoms with Gasteiger partial charge in [-0.1, -0.05) is 37.9 Å². The van der Waals surface area contributed by atoms with Crippen LogP contribution in [0.25, 0.3) is 0 Å². The van der Waals surface area contributed by atoms with Crippen LogP contribution in [0.1, 0.15) is 28.3 Å². The van der Waals surface area contributed by atoms with Crippen LogP contribution in [0.15, 0.2) is 45.3 Å². The third kappa shape index (κ3) is 3.67. The smallest absolute Gasteiger partial charge is 0.320 e. The van der Waals surface area contributed by atoms with Crippen LogP contribution in [-0.2, 0) is 6.18 Å². The van der Waals surface area contributed by atoms with E-state index in [1.807, 2.05) is 18.2 Å². The second-order valence-corrected chi connectivity index (χ2v) is 6.48. The van der Waals surface area contributed by atoms with E-state index in [1.54, 1.807) is 6.92 Å². The van der Waals surface area contributed by atoms with Crippen molar-refractivity contribution < 1.29 is 13.2 Å². The van der Waals surface area contributed by atoms with Gasteiger partial charge in [-0.2, -0.15) is 13.2 Å². The quantitative estimate of drug-likeness (QED) is 0.670. The van der Waals surface area contributed by atoms with Crippen LogP contribution in [0.4, 0.5) is 13.2 Å². The Kier molecular flexibility index (Phi) is 4.80. The largest absolute Gasteiger partial charge is 0.416 e. The number of rotatable bonds is 2. The average molecular weight is 423 g/mol. The maximum Gasteiger partial charge on any atom is 0.416 e. The summed E-state index contributed by atoms with van der Waals surface area (Å²) in [6.45, 7) is 1.64. The summed E-state index contributed by atoms with van der Waals surface area (Å²) in [4.78, 5) is 0. The summed E-state index contributed by atoms with van der Waals surface area (Å²) in [5.41, 5.74) is 7.55. The molecule has 0 fully saturated rings. The van der Waals surface area contributed by atoms with Gasteiger partial charge in [0.1, 0.15) is 0 Å². The number of halogens is 5. The maximum absolute atomic E-state index is 12.7. The molecule has 6 heteroatoms. The predicted molar refractivity (Wildman–Crippen MR) is 84.1 cm³/mol. The first-order valence-corrected chi connectivity index (χ1v) is 7.67. The Morgan fingerprint density at radius 2 is 1.67 bits per heavy atom. The topological polar surface area (TPSA) is 26.0 Å². The van der Waals surface area contributed by atoms with Crippen LogP contribution in [-0.4, -0.2) is 0 Å². The van der Waals surface area contributed by atoms with Crippen molar-refractivity contribution in [2.45, 2.75) is 19.1 Å². The van der Waals surface area contributed by atoms with Gasteiger partial charge in [0.2, 0.25) is 0 Å². The normalized spacial score (nSPS) is 13.3. The van der Waals surface area contributed by atoms with Gasteiger partial charge >= 0.3 is 6.18 Å². The summed E-state index contributed by atoms with van der Waals surface area (Å²) in [5, 5.41) is 0. The van der Waals surface area contributed by atoms with Crippen molar-refractivity contribution in [3.63, 3.8) is 0 Å². The van der Waals surface area contributed by atoms with Gasteiger partial charge in [-0.05, 0) is 53.9 Å². The van der Waals surface area contributed by atoms with Crippen molar-refractivity contribution >= 4 is 31.9 Å². The Morgan fingerprint density at radius 1 is 1.00 bits per heavy atom. The number of benzene rings is 2. The Morgan fingerprint density at radius 3 is 2.24 bits per heavy atom. The predicted octanol–water partition coefficient (Wildman–Crippen LogP) is 5.59. The molecule has 0 spiro atoms. The molecule has 2 N–H and O–H groups in total. The van der Waals surface area contributed by atoms with Crippen molar-refractivity contribution in [2.24, 2.45) is 5.73 Å². The van der Waals surface area contributed by atoms with E-state index in [2.05, 4.69) is 31.9 Å². The first-order chi connectivity index (χ1) is 9.70. The molecule has 0 aromatic heterocycles. The lowest BCUT2D eigenvalue weighted by molar-refractivity contribution is -0.137. The van der Waals surface area contributed by atoms with Crippen LogP contribution in [0.5, 0.6) is 0 Å². The van der Waals surface area contributed by atoms with E-state index in [0.29, 0.717) is 11.1 Å². The standard InChI is InChI=1S/C15H12Br2F3N/c1-8-6-9(15(18,19)20)2-4-11(8)14(21)12-7-10(16)3-5-13(12)17/h2-7,14H,21H2,1H3. The zero-order valence-electron chi connectivity index (χ0n) is 11.0. The van der Waals surface area contributed by atoms with E-state index >= 15 is 0 Å². The lowest BCUT2D eigenvalue weighted by atomic mass is 9.94. The van der Waals surface area contributed by atoms with Gasteiger partial charge in [0.15, 0.2) is 0 Å². The van der Waals surface area contributed by atoms with E-state index in [1.165, 1.54) is 6.07 Å². The van der Waals surface area contributed by atoms with E-state index in [-0.39, 0.29) is 0 Å². The highest BCUT2D eigenvalue weighted by Crippen LogP contribution is 2.34. The Bertz CT molecular complexity index is 668. The highest BCUT2D eigenvalue weighted by Gasteiger charge is 2.31. The molecule has 0 aliphatic carbocycles. The molecule has 0 aliphatic heterocycles. The van der Waals surface area contributed by atoms with E-state index < -0.39 is 17.8 Å². The minimum atomic E-state index is -4.34. The van der Waals surface area contributed by atoms with Gasteiger partial charge < -0.3 is 5.73 Å². The number of nitrogens with two attached hydrogens (primary N) is 1. The molecular formula is C15H12Br2F3N. The molecule has 0 radical (unpaired) electrons. The van der Waals surface area contributed by atoms with Crippen molar-refractivity contribution in [3.05, 3.63) is 67.6 Å². The summed E-state index contributed by atoms with van der Waals surface area (Å²) >= 11 is 6.79. The molecule has 2 aromatic rings. The number of aryl methyl sites for hydroxylation is 1. The third-order valence-electron chi connectivity index (χ3n) is 3.23. The molecular weight excluding hydrogens is 411 g/mol. The van der Waals surface area contributed by atoms with E-state index in [4.69, 9.17) is 5.73 Å². The summed E-state index contributed by atoms with van der Waals surface area (Å²) in [7, 11) is 0. The van der Waals surface area contributed by atoms with Crippen LogP contribution < -0.4 is 5.73 Å². The molecule has 1 nitrogen and oxygen atoms in total. The van der Waals surface area contributed by atoms with Gasteiger partial charge in [0.05, 0.1) is 11.6 Å². The van der Waals surface area contributed by atoms with Crippen LogP contribution in [0.2, 0.25) is 0 Å². The number of hydrogen-bond acceptors (Lipinski definition) is 1. The number of alkyl halides is 3. The molecule has 0 bridgehead atoms. The lowest BCUT2D eigenvalue weighted by Crippen LogP contribution is -2.15. The summed E-state index contributed by atoms with van der Waals surface area (Å²) in [5.74, 6) is 0. The van der Waals surface area contributed by atoms with Gasteiger partial charge in [-0.25, -0.2) is 0 Å². The summed E-state index contributed by atoms with van der Waals surface area (Å²) in [6, 6.07) is 8.69. The highest BCUT2D eigenvalue weighted by atomic mass is 79.9. The number of hydrogen-bond donors (Lipinski definition) is 1. The summed E-state index contributed by atoms with van der Waals surface area (Å²) in [6.07, 6.45) is -4.34. The fraction of sp³-hybridized carbons (Fsp3) is 0.200. The Labute approximate surface area is 137 Å². The highest BCUT2D eigenvalue weighted by molar-refractivity contribution is 9.11. The fourth-order valence-electron chi connectivity index (χ4n) is 2.12. The SMILES string of the molecule is Cc1cc(C(F)(F)F)ccc1C(N)c1cc(Br)ccc1Br. The molecule has 2 aromatic carbocycles. The van der Waals surface area contributed by atoms with Crippen molar-refractivity contribution in [3.8, 4) is 0 Å². The maximum atomic E-state index is 12.7.